The standard InChI is InChI=1S/C24H24FN3O5/c1-3-11(2)28-21(31)19-16(8-12-4-7-17(29)18(30)9-12)27-24(20(19)22(28)32)14-10-13(25)5-6-15(14)26-23(24)33/h4-7,9-11,16,19-20,27,29-30H,3,8H2,1-2H3,(H,26,33)/t11-,16+,19+,20-,24+/m0/s1. The van der Waals surface area contributed by atoms with E-state index in [2.05, 4.69) is 10.6 Å². The Morgan fingerprint density at radius 1 is 1.09 bits per heavy atom. The van der Waals surface area contributed by atoms with Gasteiger partial charge < -0.3 is 15.5 Å². The maximum Gasteiger partial charge on any atom is 0.250 e. The van der Waals surface area contributed by atoms with Gasteiger partial charge in [-0.3, -0.25) is 24.6 Å². The van der Waals surface area contributed by atoms with Crippen molar-refractivity contribution in [1.82, 2.24) is 10.2 Å². The third kappa shape index (κ3) is 2.88. The van der Waals surface area contributed by atoms with E-state index in [0.29, 0.717) is 23.2 Å². The zero-order valence-corrected chi connectivity index (χ0v) is 18.1. The van der Waals surface area contributed by atoms with Crippen molar-refractivity contribution in [3.8, 4) is 11.5 Å². The lowest BCUT2D eigenvalue weighted by atomic mass is 9.76. The lowest BCUT2D eigenvalue weighted by Crippen LogP contribution is -2.54. The molecule has 9 heteroatoms. The quantitative estimate of drug-likeness (QED) is 0.415. The van der Waals surface area contributed by atoms with E-state index in [1.54, 1.807) is 13.0 Å². The summed E-state index contributed by atoms with van der Waals surface area (Å²) in [4.78, 5) is 41.7. The van der Waals surface area contributed by atoms with Gasteiger partial charge in [0.2, 0.25) is 17.7 Å². The molecule has 3 amide bonds. The third-order valence-electron chi connectivity index (χ3n) is 7.24. The van der Waals surface area contributed by atoms with Gasteiger partial charge in [-0.05, 0) is 55.7 Å². The van der Waals surface area contributed by atoms with E-state index in [4.69, 9.17) is 0 Å². The highest BCUT2D eigenvalue weighted by atomic mass is 19.1. The van der Waals surface area contributed by atoms with Gasteiger partial charge in [0.1, 0.15) is 11.4 Å². The molecule has 8 nitrogen and oxygen atoms in total. The molecule has 0 radical (unpaired) electrons. The Morgan fingerprint density at radius 3 is 2.55 bits per heavy atom. The van der Waals surface area contributed by atoms with Gasteiger partial charge in [0.15, 0.2) is 11.5 Å². The molecule has 1 spiro atoms. The van der Waals surface area contributed by atoms with Gasteiger partial charge >= 0.3 is 0 Å². The summed E-state index contributed by atoms with van der Waals surface area (Å²) in [6.07, 6.45) is 0.771. The third-order valence-corrected chi connectivity index (χ3v) is 7.24. The smallest absolute Gasteiger partial charge is 0.250 e. The zero-order valence-electron chi connectivity index (χ0n) is 18.1. The Labute approximate surface area is 189 Å². The number of anilines is 1. The number of amides is 3. The molecule has 0 unspecified atom stereocenters. The van der Waals surface area contributed by atoms with Gasteiger partial charge in [0.05, 0.1) is 11.8 Å². The van der Waals surface area contributed by atoms with E-state index < -0.39 is 41.0 Å². The first-order valence-electron chi connectivity index (χ1n) is 11.0. The van der Waals surface area contributed by atoms with Crippen LogP contribution in [-0.4, -0.2) is 44.9 Å². The van der Waals surface area contributed by atoms with E-state index in [0.717, 1.165) is 0 Å². The molecule has 2 fully saturated rings. The maximum absolute atomic E-state index is 14.2. The van der Waals surface area contributed by atoms with Crippen molar-refractivity contribution in [3.05, 3.63) is 53.3 Å². The lowest BCUT2D eigenvalue weighted by molar-refractivity contribution is -0.145. The number of phenolic OH excluding ortho intramolecular Hbond substituents is 2. The summed E-state index contributed by atoms with van der Waals surface area (Å²) in [5, 5.41) is 25.5. The van der Waals surface area contributed by atoms with Crippen molar-refractivity contribution in [3.63, 3.8) is 0 Å². The number of imide groups is 1. The van der Waals surface area contributed by atoms with Gasteiger partial charge in [-0.2, -0.15) is 0 Å². The monoisotopic (exact) mass is 453 g/mol. The number of carbonyl (C=O) groups excluding carboxylic acids is 3. The molecule has 172 valence electrons. The minimum atomic E-state index is -1.58. The SMILES string of the molecule is CC[C@H](C)N1C(=O)[C@H]2[C@@H](C1=O)[C@@]1(N[C@@H]2Cc2ccc(O)c(O)c2)C(=O)Nc2ccc(F)cc21. The summed E-state index contributed by atoms with van der Waals surface area (Å²) < 4.78 is 14.2. The van der Waals surface area contributed by atoms with Crippen LogP contribution in [0.1, 0.15) is 31.4 Å². The van der Waals surface area contributed by atoms with Crippen molar-refractivity contribution in [2.24, 2.45) is 11.8 Å². The number of aromatic hydroxyl groups is 2. The summed E-state index contributed by atoms with van der Waals surface area (Å²) in [7, 11) is 0. The van der Waals surface area contributed by atoms with E-state index in [9.17, 15) is 29.0 Å². The average Bonchev–Trinajstić information content (AvgIpc) is 3.35. The molecular formula is C24H24FN3O5. The van der Waals surface area contributed by atoms with E-state index in [-0.39, 0.29) is 29.9 Å². The molecule has 3 aliphatic heterocycles. The number of halogens is 1. The first-order chi connectivity index (χ1) is 15.7. The summed E-state index contributed by atoms with van der Waals surface area (Å²) in [5.41, 5.74) is -0.261. The van der Waals surface area contributed by atoms with Gasteiger partial charge in [-0.1, -0.05) is 13.0 Å². The molecule has 0 bridgehead atoms. The Bertz CT molecular complexity index is 1200. The highest BCUT2D eigenvalue weighted by molar-refractivity contribution is 6.15. The summed E-state index contributed by atoms with van der Waals surface area (Å²) in [6.45, 7) is 3.66. The van der Waals surface area contributed by atoms with Crippen molar-refractivity contribution < 1.29 is 29.0 Å². The van der Waals surface area contributed by atoms with Gasteiger partial charge in [-0.25, -0.2) is 4.39 Å². The largest absolute Gasteiger partial charge is 0.504 e. The van der Waals surface area contributed by atoms with E-state index >= 15 is 0 Å². The molecule has 2 aromatic carbocycles. The van der Waals surface area contributed by atoms with E-state index in [1.807, 2.05) is 6.92 Å². The second-order valence-electron chi connectivity index (χ2n) is 9.04. The van der Waals surface area contributed by atoms with Gasteiger partial charge in [-0.15, -0.1) is 0 Å². The highest BCUT2D eigenvalue weighted by Gasteiger charge is 2.70. The molecule has 5 rings (SSSR count). The molecule has 33 heavy (non-hydrogen) atoms. The predicted octanol–water partition coefficient (Wildman–Crippen LogP) is 2.00. The topological polar surface area (TPSA) is 119 Å². The Morgan fingerprint density at radius 2 is 1.85 bits per heavy atom. The van der Waals surface area contributed by atoms with Crippen molar-refractivity contribution in [1.29, 1.82) is 0 Å². The van der Waals surface area contributed by atoms with Crippen molar-refractivity contribution in [2.75, 3.05) is 5.32 Å². The Hall–Kier alpha value is -3.46. The zero-order chi connectivity index (χ0) is 23.7. The number of nitrogens with one attached hydrogen (secondary N) is 2. The Kier molecular flexibility index (Phi) is 4.72. The van der Waals surface area contributed by atoms with Crippen LogP contribution in [0.5, 0.6) is 11.5 Å². The molecule has 2 saturated heterocycles. The Balaban J connectivity index is 1.64. The summed E-state index contributed by atoms with van der Waals surface area (Å²) in [6, 6.07) is 7.26. The van der Waals surface area contributed by atoms with Crippen LogP contribution in [0.3, 0.4) is 0 Å². The maximum atomic E-state index is 14.2. The first-order valence-corrected chi connectivity index (χ1v) is 11.0. The van der Waals surface area contributed by atoms with Crippen LogP contribution in [-0.2, 0) is 26.3 Å². The minimum Gasteiger partial charge on any atom is -0.504 e. The van der Waals surface area contributed by atoms with Crippen molar-refractivity contribution >= 4 is 23.4 Å². The minimum absolute atomic E-state index is 0.210. The van der Waals surface area contributed by atoms with Crippen LogP contribution in [0.4, 0.5) is 10.1 Å². The van der Waals surface area contributed by atoms with Crippen LogP contribution >= 0.6 is 0 Å². The fraction of sp³-hybridized carbons (Fsp3) is 0.375. The number of carbonyl (C=O) groups is 3. The summed E-state index contributed by atoms with van der Waals surface area (Å²) in [5.74, 6) is -4.32. The second kappa shape index (κ2) is 7.28. The second-order valence-corrected chi connectivity index (χ2v) is 9.04. The number of hydrogen-bond donors (Lipinski definition) is 4. The number of hydrogen-bond acceptors (Lipinski definition) is 6. The van der Waals surface area contributed by atoms with Crippen LogP contribution in [0, 0.1) is 17.7 Å². The van der Waals surface area contributed by atoms with Crippen LogP contribution in [0.2, 0.25) is 0 Å². The number of nitrogens with zero attached hydrogens (tertiary/aromatic N) is 1. The van der Waals surface area contributed by atoms with Crippen LogP contribution in [0.15, 0.2) is 36.4 Å². The lowest BCUT2D eigenvalue weighted by Gasteiger charge is -2.31. The van der Waals surface area contributed by atoms with Crippen molar-refractivity contribution in [2.45, 2.75) is 44.3 Å². The molecule has 3 heterocycles. The number of benzene rings is 2. The molecule has 0 aromatic heterocycles. The normalized spacial score (nSPS) is 28.9. The average molecular weight is 453 g/mol. The number of phenols is 2. The fourth-order valence-corrected chi connectivity index (χ4v) is 5.54. The van der Waals surface area contributed by atoms with Gasteiger partial charge in [0.25, 0.3) is 0 Å². The first kappa shape index (κ1) is 21.4. The fourth-order valence-electron chi connectivity index (χ4n) is 5.54. The van der Waals surface area contributed by atoms with Crippen LogP contribution < -0.4 is 10.6 Å². The highest BCUT2D eigenvalue weighted by Crippen LogP contribution is 2.53. The van der Waals surface area contributed by atoms with E-state index in [1.165, 1.54) is 35.2 Å². The molecule has 5 atom stereocenters. The van der Waals surface area contributed by atoms with Gasteiger partial charge in [0, 0.05) is 23.3 Å². The predicted molar refractivity (Wildman–Crippen MR) is 116 cm³/mol. The molecule has 0 aliphatic carbocycles. The number of fused-ring (bicyclic) bond motifs is 4. The molecule has 4 N–H and O–H groups in total. The molecular weight excluding hydrogens is 429 g/mol. The molecule has 0 saturated carbocycles. The number of rotatable bonds is 4. The molecule has 2 aromatic rings. The molecule has 3 aliphatic rings. The van der Waals surface area contributed by atoms with Crippen LogP contribution in [0.25, 0.3) is 0 Å². The summed E-state index contributed by atoms with van der Waals surface area (Å²) >= 11 is 0. The number of likely N-dealkylation sites (tertiary alicyclic amines) is 1.